The van der Waals surface area contributed by atoms with Crippen LogP contribution in [0.3, 0.4) is 0 Å². The van der Waals surface area contributed by atoms with Crippen LogP contribution in [0.4, 0.5) is 0 Å². The monoisotopic (exact) mass is 423 g/mol. The number of likely N-dealkylation sites (tertiary alicyclic amines) is 1. The van der Waals surface area contributed by atoms with Crippen molar-refractivity contribution in [2.24, 2.45) is 5.92 Å². The summed E-state index contributed by atoms with van der Waals surface area (Å²) in [6, 6.07) is 3.89. The SMILES string of the molecule is Cc1cc(C)n2nc(C(=O)N3CCC[C@@H](Cc4nc(-c5ccsc5)no4)C3)nc2n1. The number of carbonyl (C=O) groups excluding carboxylic acids is 1. The van der Waals surface area contributed by atoms with Crippen LogP contribution in [0.5, 0.6) is 0 Å². The Morgan fingerprint density at radius 2 is 2.20 bits per heavy atom. The highest BCUT2D eigenvalue weighted by molar-refractivity contribution is 7.08. The summed E-state index contributed by atoms with van der Waals surface area (Å²) in [6.45, 7) is 5.15. The molecule has 10 heteroatoms. The predicted octanol–water partition coefficient (Wildman–Crippen LogP) is 2.95. The van der Waals surface area contributed by atoms with E-state index in [1.54, 1.807) is 15.9 Å². The van der Waals surface area contributed by atoms with E-state index in [2.05, 4.69) is 25.2 Å². The van der Waals surface area contributed by atoms with Gasteiger partial charge in [-0.3, -0.25) is 4.79 Å². The third-order valence-corrected chi connectivity index (χ3v) is 6.01. The lowest BCUT2D eigenvalue weighted by Crippen LogP contribution is -2.41. The molecule has 0 aliphatic carbocycles. The van der Waals surface area contributed by atoms with E-state index in [1.807, 2.05) is 41.6 Å². The molecule has 4 aromatic heterocycles. The number of thiophene rings is 1. The standard InChI is InChI=1S/C20H21N7O2S/c1-12-8-13(2)27-20(21-12)23-18(24-27)19(28)26-6-3-4-14(10-26)9-16-22-17(25-29-16)15-5-7-30-11-15/h5,7-8,11,14H,3-4,6,9-10H2,1-2H3/t14-/m0/s1. The fourth-order valence-electron chi connectivity index (χ4n) is 3.91. The maximum absolute atomic E-state index is 13.0. The second-order valence-corrected chi connectivity index (χ2v) is 8.45. The molecule has 0 unspecified atom stereocenters. The summed E-state index contributed by atoms with van der Waals surface area (Å²) in [5, 5.41) is 12.4. The maximum Gasteiger partial charge on any atom is 0.293 e. The summed E-state index contributed by atoms with van der Waals surface area (Å²) in [5.41, 5.74) is 2.72. The minimum Gasteiger partial charge on any atom is -0.339 e. The van der Waals surface area contributed by atoms with Crippen LogP contribution in [-0.4, -0.2) is 53.6 Å². The van der Waals surface area contributed by atoms with E-state index in [-0.39, 0.29) is 17.6 Å². The number of piperidine rings is 1. The van der Waals surface area contributed by atoms with E-state index in [4.69, 9.17) is 4.52 Å². The van der Waals surface area contributed by atoms with Crippen LogP contribution in [0.2, 0.25) is 0 Å². The molecule has 0 saturated carbocycles. The Morgan fingerprint density at radius 3 is 3.03 bits per heavy atom. The first kappa shape index (κ1) is 18.9. The van der Waals surface area contributed by atoms with E-state index < -0.39 is 0 Å². The van der Waals surface area contributed by atoms with E-state index in [1.165, 1.54) is 0 Å². The van der Waals surface area contributed by atoms with Gasteiger partial charge >= 0.3 is 0 Å². The zero-order chi connectivity index (χ0) is 20.7. The fourth-order valence-corrected chi connectivity index (χ4v) is 4.54. The number of amides is 1. The summed E-state index contributed by atoms with van der Waals surface area (Å²) in [7, 11) is 0. The first-order valence-electron chi connectivity index (χ1n) is 9.92. The first-order chi connectivity index (χ1) is 14.6. The molecule has 5 heterocycles. The van der Waals surface area contributed by atoms with Crippen molar-refractivity contribution in [3.05, 3.63) is 46.0 Å². The first-order valence-corrected chi connectivity index (χ1v) is 10.9. The zero-order valence-electron chi connectivity index (χ0n) is 16.8. The van der Waals surface area contributed by atoms with Crippen LogP contribution in [0.1, 0.15) is 40.7 Å². The van der Waals surface area contributed by atoms with E-state index >= 15 is 0 Å². The van der Waals surface area contributed by atoms with Gasteiger partial charge in [0.2, 0.25) is 17.5 Å². The van der Waals surface area contributed by atoms with Crippen LogP contribution >= 0.6 is 11.3 Å². The Labute approximate surface area is 176 Å². The third kappa shape index (κ3) is 3.58. The van der Waals surface area contributed by atoms with Gasteiger partial charge in [-0.25, -0.2) is 9.50 Å². The largest absolute Gasteiger partial charge is 0.339 e. The Kier molecular flexibility index (Phi) is 4.78. The normalized spacial score (nSPS) is 17.0. The van der Waals surface area contributed by atoms with Gasteiger partial charge in [-0.1, -0.05) is 5.16 Å². The van der Waals surface area contributed by atoms with Crippen LogP contribution in [0.25, 0.3) is 17.2 Å². The summed E-state index contributed by atoms with van der Waals surface area (Å²) >= 11 is 1.60. The van der Waals surface area contributed by atoms with Crippen molar-refractivity contribution in [2.45, 2.75) is 33.1 Å². The number of hydrogen-bond acceptors (Lipinski definition) is 8. The van der Waals surface area contributed by atoms with Gasteiger partial charge in [-0.05, 0) is 50.1 Å². The Balaban J connectivity index is 1.29. The van der Waals surface area contributed by atoms with Crippen LogP contribution < -0.4 is 0 Å². The molecule has 1 amide bonds. The summed E-state index contributed by atoms with van der Waals surface area (Å²) in [5.74, 6) is 1.97. The van der Waals surface area contributed by atoms with Crippen molar-refractivity contribution in [1.29, 1.82) is 0 Å². The summed E-state index contributed by atoms with van der Waals surface area (Å²) in [6.07, 6.45) is 2.59. The Bertz CT molecular complexity index is 1200. The molecule has 1 aliphatic heterocycles. The van der Waals surface area contributed by atoms with Crippen LogP contribution in [0, 0.1) is 19.8 Å². The van der Waals surface area contributed by atoms with Gasteiger partial charge in [0.15, 0.2) is 0 Å². The van der Waals surface area contributed by atoms with Gasteiger partial charge in [0.05, 0.1) is 0 Å². The molecule has 1 fully saturated rings. The molecular weight excluding hydrogens is 402 g/mol. The number of nitrogens with zero attached hydrogens (tertiary/aromatic N) is 7. The molecule has 0 aromatic carbocycles. The molecule has 30 heavy (non-hydrogen) atoms. The van der Waals surface area contributed by atoms with Crippen molar-refractivity contribution in [2.75, 3.05) is 13.1 Å². The van der Waals surface area contributed by atoms with Crippen molar-refractivity contribution in [3.8, 4) is 11.4 Å². The lowest BCUT2D eigenvalue weighted by Gasteiger charge is -2.31. The van der Waals surface area contributed by atoms with Crippen molar-refractivity contribution in [3.63, 3.8) is 0 Å². The van der Waals surface area contributed by atoms with Gasteiger partial charge in [0.1, 0.15) is 0 Å². The number of fused-ring (bicyclic) bond motifs is 1. The number of aromatic nitrogens is 6. The summed E-state index contributed by atoms with van der Waals surface area (Å²) in [4.78, 5) is 28.1. The smallest absolute Gasteiger partial charge is 0.293 e. The van der Waals surface area contributed by atoms with Gasteiger partial charge in [0, 0.05) is 41.8 Å². The lowest BCUT2D eigenvalue weighted by atomic mass is 9.94. The quantitative estimate of drug-likeness (QED) is 0.497. The van der Waals surface area contributed by atoms with Gasteiger partial charge in [-0.2, -0.15) is 21.3 Å². The lowest BCUT2D eigenvalue weighted by molar-refractivity contribution is 0.0656. The Morgan fingerprint density at radius 1 is 1.30 bits per heavy atom. The minimum absolute atomic E-state index is 0.160. The molecule has 1 saturated heterocycles. The van der Waals surface area contributed by atoms with Crippen molar-refractivity contribution < 1.29 is 9.32 Å². The molecule has 9 nitrogen and oxygen atoms in total. The molecule has 1 atom stereocenters. The third-order valence-electron chi connectivity index (χ3n) is 5.33. The number of hydrogen-bond donors (Lipinski definition) is 0. The van der Waals surface area contributed by atoms with E-state index in [9.17, 15) is 4.79 Å². The summed E-state index contributed by atoms with van der Waals surface area (Å²) < 4.78 is 7.06. The second-order valence-electron chi connectivity index (χ2n) is 7.67. The number of aryl methyl sites for hydroxylation is 2. The maximum atomic E-state index is 13.0. The van der Waals surface area contributed by atoms with E-state index in [0.29, 0.717) is 37.0 Å². The van der Waals surface area contributed by atoms with Crippen LogP contribution in [-0.2, 0) is 6.42 Å². The zero-order valence-corrected chi connectivity index (χ0v) is 17.6. The predicted molar refractivity (Wildman–Crippen MR) is 110 cm³/mol. The van der Waals surface area contributed by atoms with Gasteiger partial charge < -0.3 is 9.42 Å². The van der Waals surface area contributed by atoms with Crippen molar-refractivity contribution in [1.82, 2.24) is 34.6 Å². The topological polar surface area (TPSA) is 102 Å². The molecule has 0 spiro atoms. The highest BCUT2D eigenvalue weighted by Crippen LogP contribution is 2.24. The molecule has 5 rings (SSSR count). The molecular formula is C20H21N7O2S. The van der Waals surface area contributed by atoms with Gasteiger partial charge in [0.25, 0.3) is 11.7 Å². The van der Waals surface area contributed by atoms with Gasteiger partial charge in [-0.15, -0.1) is 5.10 Å². The minimum atomic E-state index is -0.160. The van der Waals surface area contributed by atoms with Crippen molar-refractivity contribution >= 4 is 23.0 Å². The molecule has 154 valence electrons. The molecule has 1 aliphatic rings. The highest BCUT2D eigenvalue weighted by Gasteiger charge is 2.28. The molecule has 0 bridgehead atoms. The molecule has 0 radical (unpaired) electrons. The number of rotatable bonds is 4. The fraction of sp³-hybridized carbons (Fsp3) is 0.400. The van der Waals surface area contributed by atoms with E-state index in [0.717, 1.165) is 29.8 Å². The molecule has 4 aromatic rings. The number of carbonyl (C=O) groups is 1. The highest BCUT2D eigenvalue weighted by atomic mass is 32.1. The second kappa shape index (κ2) is 7.60. The molecule has 0 N–H and O–H groups in total. The average molecular weight is 424 g/mol. The average Bonchev–Trinajstić information content (AvgIpc) is 3.47. The van der Waals surface area contributed by atoms with Crippen LogP contribution in [0.15, 0.2) is 27.4 Å². The Hall–Kier alpha value is -3.14.